The van der Waals surface area contributed by atoms with Crippen molar-refractivity contribution >= 4 is 0 Å². The molecule has 5 heteroatoms. The fourth-order valence-corrected chi connectivity index (χ4v) is 2.15. The normalized spacial score (nSPS) is 11.0. The van der Waals surface area contributed by atoms with E-state index in [1.165, 1.54) is 4.68 Å². The van der Waals surface area contributed by atoms with Crippen LogP contribution >= 0.6 is 0 Å². The Morgan fingerprint density at radius 3 is 2.50 bits per heavy atom. The first-order chi connectivity index (χ1) is 10.5. The highest BCUT2D eigenvalue weighted by Crippen LogP contribution is 2.20. The molecular formula is C17H23N3O2. The molecule has 0 aliphatic heterocycles. The maximum absolute atomic E-state index is 12.3. The summed E-state index contributed by atoms with van der Waals surface area (Å²) < 4.78 is 6.68. The van der Waals surface area contributed by atoms with E-state index in [0.29, 0.717) is 19.1 Å². The quantitative estimate of drug-likeness (QED) is 0.890. The molecule has 5 nitrogen and oxygen atoms in total. The minimum atomic E-state index is -0.0343. The fraction of sp³-hybridized carbons (Fsp3) is 0.412. The van der Waals surface area contributed by atoms with E-state index >= 15 is 0 Å². The van der Waals surface area contributed by atoms with Gasteiger partial charge in [-0.2, -0.15) is 5.10 Å². The molecule has 0 unspecified atom stereocenters. The molecule has 0 aliphatic rings. The van der Waals surface area contributed by atoms with Gasteiger partial charge in [-0.15, -0.1) is 0 Å². The molecule has 0 spiro atoms. The second-order valence-corrected chi connectivity index (χ2v) is 5.44. The molecule has 0 saturated carbocycles. The molecule has 0 atom stereocenters. The minimum Gasteiger partial charge on any atom is -0.497 e. The third kappa shape index (κ3) is 3.74. The molecule has 1 aromatic heterocycles. The van der Waals surface area contributed by atoms with Crippen LogP contribution in [0.4, 0.5) is 0 Å². The zero-order chi connectivity index (χ0) is 16.1. The summed E-state index contributed by atoms with van der Waals surface area (Å²) in [6.45, 7) is 7.14. The maximum atomic E-state index is 12.3. The molecule has 118 valence electrons. The summed E-state index contributed by atoms with van der Waals surface area (Å²) in [5.41, 5.74) is 2.46. The lowest BCUT2D eigenvalue weighted by atomic mass is 10.1. The lowest BCUT2D eigenvalue weighted by molar-refractivity contribution is 0.415. The Kier molecular flexibility index (Phi) is 5.33. The highest BCUT2D eigenvalue weighted by Gasteiger charge is 2.10. The van der Waals surface area contributed by atoms with Crippen LogP contribution in [0.3, 0.4) is 0 Å². The van der Waals surface area contributed by atoms with Gasteiger partial charge in [-0.3, -0.25) is 4.79 Å². The van der Waals surface area contributed by atoms with Crippen molar-refractivity contribution in [3.63, 3.8) is 0 Å². The lowest BCUT2D eigenvalue weighted by Crippen LogP contribution is -2.31. The predicted molar refractivity (Wildman–Crippen MR) is 88.1 cm³/mol. The van der Waals surface area contributed by atoms with Crippen molar-refractivity contribution in [2.45, 2.75) is 39.9 Å². The number of nitrogens with one attached hydrogen (secondary N) is 1. The first kappa shape index (κ1) is 16.2. The first-order valence-electron chi connectivity index (χ1n) is 7.54. The summed E-state index contributed by atoms with van der Waals surface area (Å²) in [7, 11) is 1.64. The molecule has 0 bridgehead atoms. The van der Waals surface area contributed by atoms with Gasteiger partial charge in [-0.1, -0.05) is 13.8 Å². The smallest absolute Gasteiger partial charge is 0.271 e. The second-order valence-electron chi connectivity index (χ2n) is 5.44. The zero-order valence-corrected chi connectivity index (χ0v) is 13.6. The van der Waals surface area contributed by atoms with Crippen LogP contribution in [0.2, 0.25) is 0 Å². The van der Waals surface area contributed by atoms with Gasteiger partial charge in [-0.05, 0) is 37.3 Å². The zero-order valence-electron chi connectivity index (χ0n) is 13.6. The number of aromatic nitrogens is 2. The van der Waals surface area contributed by atoms with Crippen LogP contribution < -0.4 is 15.6 Å². The number of methoxy groups -OCH3 is 1. The molecule has 0 amide bonds. The molecule has 0 radical (unpaired) electrons. The van der Waals surface area contributed by atoms with Crippen molar-refractivity contribution in [1.82, 2.24) is 15.1 Å². The summed E-state index contributed by atoms with van der Waals surface area (Å²) in [4.78, 5) is 12.3. The number of benzene rings is 1. The molecule has 22 heavy (non-hydrogen) atoms. The van der Waals surface area contributed by atoms with Crippen molar-refractivity contribution in [1.29, 1.82) is 0 Å². The first-order valence-corrected chi connectivity index (χ1v) is 7.54. The van der Waals surface area contributed by atoms with Crippen molar-refractivity contribution < 1.29 is 4.74 Å². The Bertz CT molecular complexity index is 675. The van der Waals surface area contributed by atoms with Crippen LogP contribution in [0.1, 0.15) is 26.3 Å². The van der Waals surface area contributed by atoms with Crippen molar-refractivity contribution in [3.8, 4) is 17.0 Å². The van der Waals surface area contributed by atoms with Crippen LogP contribution in [0.15, 0.2) is 35.1 Å². The lowest BCUT2D eigenvalue weighted by Gasteiger charge is -2.12. The van der Waals surface area contributed by atoms with E-state index in [9.17, 15) is 4.79 Å². The molecule has 1 heterocycles. The average Bonchev–Trinajstić information content (AvgIpc) is 2.54. The Hall–Kier alpha value is -2.14. The van der Waals surface area contributed by atoms with Gasteiger partial charge in [0.25, 0.3) is 5.56 Å². The minimum absolute atomic E-state index is 0.0343. The highest BCUT2D eigenvalue weighted by molar-refractivity contribution is 5.60. The number of rotatable bonds is 6. The Balaban J connectivity index is 2.41. The van der Waals surface area contributed by atoms with Crippen molar-refractivity contribution in [2.75, 3.05) is 7.11 Å². The maximum Gasteiger partial charge on any atom is 0.271 e. The average molecular weight is 301 g/mol. The van der Waals surface area contributed by atoms with Gasteiger partial charge in [0, 0.05) is 30.3 Å². The van der Waals surface area contributed by atoms with Gasteiger partial charge in [0.15, 0.2) is 0 Å². The monoisotopic (exact) mass is 301 g/mol. The topological polar surface area (TPSA) is 56.1 Å². The van der Waals surface area contributed by atoms with E-state index in [1.54, 1.807) is 7.11 Å². The second kappa shape index (κ2) is 7.22. The third-order valence-electron chi connectivity index (χ3n) is 3.43. The number of ether oxygens (including phenoxy) is 1. The van der Waals surface area contributed by atoms with Crippen LogP contribution in [-0.2, 0) is 13.1 Å². The van der Waals surface area contributed by atoms with Gasteiger partial charge in [0.1, 0.15) is 5.75 Å². The fourth-order valence-electron chi connectivity index (χ4n) is 2.15. The molecule has 1 N–H and O–H groups in total. The molecule has 0 aliphatic carbocycles. The third-order valence-corrected chi connectivity index (χ3v) is 3.43. The number of hydrogen-bond acceptors (Lipinski definition) is 4. The number of aryl methyl sites for hydroxylation is 1. The van der Waals surface area contributed by atoms with Gasteiger partial charge in [0.05, 0.1) is 12.8 Å². The Morgan fingerprint density at radius 2 is 1.95 bits per heavy atom. The van der Waals surface area contributed by atoms with Gasteiger partial charge >= 0.3 is 0 Å². The van der Waals surface area contributed by atoms with Crippen molar-refractivity contribution in [3.05, 3.63) is 46.2 Å². The van der Waals surface area contributed by atoms with E-state index in [0.717, 1.165) is 22.6 Å². The van der Waals surface area contributed by atoms with E-state index in [4.69, 9.17) is 4.74 Å². The Morgan fingerprint density at radius 1 is 1.27 bits per heavy atom. The largest absolute Gasteiger partial charge is 0.497 e. The van der Waals surface area contributed by atoms with E-state index in [1.807, 2.05) is 37.3 Å². The van der Waals surface area contributed by atoms with Crippen LogP contribution in [-0.4, -0.2) is 22.9 Å². The summed E-state index contributed by atoms with van der Waals surface area (Å²) in [5, 5.41) is 7.73. The van der Waals surface area contributed by atoms with Crippen LogP contribution in [0.5, 0.6) is 5.75 Å². The number of nitrogens with zero attached hydrogens (tertiary/aromatic N) is 2. The van der Waals surface area contributed by atoms with Gasteiger partial charge in [0.2, 0.25) is 0 Å². The Labute approximate surface area is 130 Å². The highest BCUT2D eigenvalue weighted by atomic mass is 16.5. The summed E-state index contributed by atoms with van der Waals surface area (Å²) in [6.07, 6.45) is 0. The predicted octanol–water partition coefficient (Wildman–Crippen LogP) is 2.44. The summed E-state index contributed by atoms with van der Waals surface area (Å²) in [5.74, 6) is 0.800. The van der Waals surface area contributed by atoms with E-state index in [2.05, 4.69) is 24.3 Å². The molecule has 0 saturated heterocycles. The molecule has 0 fully saturated rings. The molecule has 1 aromatic carbocycles. The SMILES string of the molecule is CCn1nc(-c2ccc(OC)cc2)cc(CNC(C)C)c1=O. The van der Waals surface area contributed by atoms with E-state index in [-0.39, 0.29) is 5.56 Å². The van der Waals surface area contributed by atoms with Crippen molar-refractivity contribution in [2.24, 2.45) is 0 Å². The molecule has 2 aromatic rings. The van der Waals surface area contributed by atoms with Crippen LogP contribution in [0, 0.1) is 0 Å². The van der Waals surface area contributed by atoms with Gasteiger partial charge < -0.3 is 10.1 Å². The van der Waals surface area contributed by atoms with Gasteiger partial charge in [-0.25, -0.2) is 4.68 Å². The van der Waals surface area contributed by atoms with Crippen LogP contribution in [0.25, 0.3) is 11.3 Å². The summed E-state index contributed by atoms with van der Waals surface area (Å²) in [6, 6.07) is 9.88. The summed E-state index contributed by atoms with van der Waals surface area (Å²) >= 11 is 0. The van der Waals surface area contributed by atoms with E-state index < -0.39 is 0 Å². The molecular weight excluding hydrogens is 278 g/mol. The standard InChI is InChI=1S/C17H23N3O2/c1-5-20-17(21)14(11-18-12(2)3)10-16(19-20)13-6-8-15(22-4)9-7-13/h6-10,12,18H,5,11H2,1-4H3. The molecule has 2 rings (SSSR count). The number of hydrogen-bond donors (Lipinski definition) is 1.